The van der Waals surface area contributed by atoms with E-state index in [-0.39, 0.29) is 17.9 Å². The van der Waals surface area contributed by atoms with Gasteiger partial charge in [0.2, 0.25) is 5.91 Å². The molecule has 0 bridgehead atoms. The Morgan fingerprint density at radius 2 is 1.48 bits per heavy atom. The highest BCUT2D eigenvalue weighted by molar-refractivity contribution is 5.83. The molecule has 1 aliphatic heterocycles. The summed E-state index contributed by atoms with van der Waals surface area (Å²) >= 11 is 0. The van der Waals surface area contributed by atoms with Crippen molar-refractivity contribution in [1.82, 2.24) is 30.4 Å². The Kier molecular flexibility index (Phi) is 9.01. The summed E-state index contributed by atoms with van der Waals surface area (Å²) in [7, 11) is 0. The van der Waals surface area contributed by atoms with Crippen molar-refractivity contribution in [3.8, 4) is 11.1 Å². The van der Waals surface area contributed by atoms with Crippen molar-refractivity contribution in [2.24, 2.45) is 5.92 Å². The topological polar surface area (TPSA) is 87.6 Å². The third kappa shape index (κ3) is 6.80. The number of carbonyl (C=O) groups excluding carboxylic acids is 1. The molecule has 232 valence electrons. The summed E-state index contributed by atoms with van der Waals surface area (Å²) in [5.41, 5.74) is 7.05. The van der Waals surface area contributed by atoms with Gasteiger partial charge in [-0.05, 0) is 66.2 Å². The Hall–Kier alpha value is -5.01. The van der Waals surface area contributed by atoms with Gasteiger partial charge in [-0.3, -0.25) is 4.79 Å². The molecule has 7 nitrogen and oxygen atoms in total. The maximum Gasteiger partial charge on any atom is 0.223 e. The fraction of sp³-hybridized carbons (Fsp3) is 0.256. The van der Waals surface area contributed by atoms with E-state index in [0.29, 0.717) is 13.0 Å². The Labute approximate surface area is 270 Å². The van der Waals surface area contributed by atoms with Crippen molar-refractivity contribution in [3.05, 3.63) is 144 Å². The molecule has 1 aliphatic rings. The minimum absolute atomic E-state index is 0.00817. The quantitative estimate of drug-likeness (QED) is 0.154. The smallest absolute Gasteiger partial charge is 0.223 e. The van der Waals surface area contributed by atoms with Crippen LogP contribution in [0.2, 0.25) is 0 Å². The molecule has 3 heterocycles. The van der Waals surface area contributed by atoms with E-state index in [0.717, 1.165) is 72.5 Å². The van der Waals surface area contributed by atoms with Crippen molar-refractivity contribution in [3.63, 3.8) is 0 Å². The number of para-hydroxylation sites is 1. The van der Waals surface area contributed by atoms with Gasteiger partial charge in [0.1, 0.15) is 5.82 Å². The molecule has 1 atom stereocenters. The average molecular weight is 609 g/mol. The monoisotopic (exact) mass is 608 g/mol. The Bertz CT molecular complexity index is 1870. The maximum absolute atomic E-state index is 13.7. The molecule has 1 fully saturated rings. The molecule has 2 aromatic heterocycles. The molecule has 6 aromatic rings. The summed E-state index contributed by atoms with van der Waals surface area (Å²) in [5, 5.41) is 17.6. The molecule has 7 heteroatoms. The molecule has 1 saturated heterocycles. The highest BCUT2D eigenvalue weighted by atomic mass is 16.2. The first kappa shape index (κ1) is 29.7. The summed E-state index contributed by atoms with van der Waals surface area (Å²) in [4.78, 5) is 17.1. The van der Waals surface area contributed by atoms with E-state index in [1.807, 2.05) is 18.2 Å². The largest absolute Gasteiger partial charge is 0.361 e. The molecule has 0 radical (unpaired) electrons. The van der Waals surface area contributed by atoms with Crippen molar-refractivity contribution in [1.29, 1.82) is 0 Å². The minimum atomic E-state index is -0.330. The molecule has 3 N–H and O–H groups in total. The second kappa shape index (κ2) is 14.0. The van der Waals surface area contributed by atoms with Crippen LogP contribution in [-0.4, -0.2) is 38.7 Å². The zero-order chi connectivity index (χ0) is 31.1. The van der Waals surface area contributed by atoms with E-state index >= 15 is 0 Å². The number of nitrogens with one attached hydrogen (secondary N) is 3. The van der Waals surface area contributed by atoms with E-state index in [9.17, 15) is 4.79 Å². The van der Waals surface area contributed by atoms with Crippen LogP contribution >= 0.6 is 0 Å². The van der Waals surface area contributed by atoms with Gasteiger partial charge in [-0.15, -0.1) is 10.2 Å². The van der Waals surface area contributed by atoms with E-state index in [2.05, 4.69) is 117 Å². The molecule has 0 spiro atoms. The number of piperidine rings is 1. The van der Waals surface area contributed by atoms with Crippen LogP contribution in [0.25, 0.3) is 22.0 Å². The standard InChI is InChI=1S/C39H40N6O/c46-39(32-21-23-40-24-22-32)42-36(25-33-26-41-35-14-8-7-13-34(33)35)38-44-43-37(20-17-28-9-3-1-4-10-28)45(38)27-29-15-18-31(19-16-29)30-11-5-2-6-12-30/h1-16,18-19,26,32,36,40-41H,17,20-25,27H2,(H,42,46). The van der Waals surface area contributed by atoms with Gasteiger partial charge in [-0.1, -0.05) is 103 Å². The molecular formula is C39H40N6O. The van der Waals surface area contributed by atoms with Crippen LogP contribution in [0.15, 0.2) is 115 Å². The lowest BCUT2D eigenvalue weighted by Crippen LogP contribution is -2.41. The lowest BCUT2D eigenvalue weighted by atomic mass is 9.96. The zero-order valence-electron chi connectivity index (χ0n) is 26.0. The van der Waals surface area contributed by atoms with Crippen molar-refractivity contribution in [2.75, 3.05) is 13.1 Å². The number of nitrogens with zero attached hydrogens (tertiary/aromatic N) is 3. The fourth-order valence-corrected chi connectivity index (χ4v) is 6.58. The number of aryl methyl sites for hydroxylation is 2. The number of hydrogen-bond acceptors (Lipinski definition) is 4. The third-order valence-corrected chi connectivity index (χ3v) is 9.17. The van der Waals surface area contributed by atoms with E-state index in [1.54, 1.807) is 0 Å². The lowest BCUT2D eigenvalue weighted by Gasteiger charge is -2.26. The number of benzene rings is 4. The molecule has 0 saturated carbocycles. The van der Waals surface area contributed by atoms with Gasteiger partial charge in [-0.2, -0.15) is 0 Å². The number of fused-ring (bicyclic) bond motifs is 1. The fourth-order valence-electron chi connectivity index (χ4n) is 6.58. The number of H-pyrrole nitrogens is 1. The first-order valence-corrected chi connectivity index (χ1v) is 16.4. The van der Waals surface area contributed by atoms with Gasteiger partial charge in [0.25, 0.3) is 0 Å². The Morgan fingerprint density at radius 1 is 0.783 bits per heavy atom. The van der Waals surface area contributed by atoms with Crippen LogP contribution in [0.5, 0.6) is 0 Å². The number of hydrogen-bond donors (Lipinski definition) is 3. The van der Waals surface area contributed by atoms with Gasteiger partial charge in [0, 0.05) is 35.9 Å². The molecule has 7 rings (SSSR count). The predicted octanol–water partition coefficient (Wildman–Crippen LogP) is 6.66. The number of aromatic amines is 1. The molecule has 0 aliphatic carbocycles. The SMILES string of the molecule is O=C(NC(Cc1c[nH]c2ccccc12)c1nnc(CCc2ccccc2)n1Cc1ccc(-c2ccccc2)cc1)C1CCNCC1. The predicted molar refractivity (Wildman–Crippen MR) is 183 cm³/mol. The summed E-state index contributed by atoms with van der Waals surface area (Å²) in [5.74, 6) is 1.80. The van der Waals surface area contributed by atoms with Gasteiger partial charge < -0.3 is 20.2 Å². The van der Waals surface area contributed by atoms with Crippen LogP contribution in [-0.2, 0) is 30.6 Å². The Balaban J connectivity index is 1.23. The van der Waals surface area contributed by atoms with Crippen LogP contribution in [0.3, 0.4) is 0 Å². The van der Waals surface area contributed by atoms with Crippen molar-refractivity contribution in [2.45, 2.75) is 44.7 Å². The second-order valence-corrected chi connectivity index (χ2v) is 12.3. The summed E-state index contributed by atoms with van der Waals surface area (Å²) in [6, 6.07) is 37.7. The zero-order valence-corrected chi connectivity index (χ0v) is 26.0. The van der Waals surface area contributed by atoms with Crippen molar-refractivity contribution >= 4 is 16.8 Å². The number of rotatable bonds is 11. The molecule has 1 amide bonds. The van der Waals surface area contributed by atoms with Gasteiger partial charge in [-0.25, -0.2) is 0 Å². The number of carbonyl (C=O) groups is 1. The third-order valence-electron chi connectivity index (χ3n) is 9.17. The number of aromatic nitrogens is 4. The number of amides is 1. The Morgan fingerprint density at radius 3 is 2.26 bits per heavy atom. The molecule has 46 heavy (non-hydrogen) atoms. The van der Waals surface area contributed by atoms with Crippen LogP contribution in [0.1, 0.15) is 47.2 Å². The molecule has 4 aromatic carbocycles. The summed E-state index contributed by atoms with van der Waals surface area (Å²) in [6.07, 6.45) is 5.97. The van der Waals surface area contributed by atoms with Crippen LogP contribution in [0, 0.1) is 5.92 Å². The normalized spacial score (nSPS) is 14.3. The highest BCUT2D eigenvalue weighted by Crippen LogP contribution is 2.27. The van der Waals surface area contributed by atoms with Gasteiger partial charge in [0.05, 0.1) is 12.6 Å². The van der Waals surface area contributed by atoms with E-state index in [1.165, 1.54) is 16.7 Å². The van der Waals surface area contributed by atoms with Gasteiger partial charge >= 0.3 is 0 Å². The first-order valence-electron chi connectivity index (χ1n) is 16.4. The summed E-state index contributed by atoms with van der Waals surface area (Å²) in [6.45, 7) is 2.35. The van der Waals surface area contributed by atoms with E-state index in [4.69, 9.17) is 10.2 Å². The van der Waals surface area contributed by atoms with Gasteiger partial charge in [0.15, 0.2) is 5.82 Å². The second-order valence-electron chi connectivity index (χ2n) is 12.3. The maximum atomic E-state index is 13.7. The minimum Gasteiger partial charge on any atom is -0.361 e. The highest BCUT2D eigenvalue weighted by Gasteiger charge is 2.28. The van der Waals surface area contributed by atoms with Crippen molar-refractivity contribution < 1.29 is 4.79 Å². The lowest BCUT2D eigenvalue weighted by molar-refractivity contribution is -0.126. The summed E-state index contributed by atoms with van der Waals surface area (Å²) < 4.78 is 2.24. The molecular weight excluding hydrogens is 568 g/mol. The van der Waals surface area contributed by atoms with E-state index < -0.39 is 0 Å². The average Bonchev–Trinajstić information content (AvgIpc) is 3.72. The van der Waals surface area contributed by atoms with Crippen LogP contribution in [0.4, 0.5) is 0 Å². The van der Waals surface area contributed by atoms with Crippen LogP contribution < -0.4 is 10.6 Å². The first-order chi connectivity index (χ1) is 22.7. The molecule has 1 unspecified atom stereocenters.